The molecule has 1 aliphatic rings. The average Bonchev–Trinajstić information content (AvgIpc) is 2.72. The molecule has 0 atom stereocenters. The van der Waals surface area contributed by atoms with Gasteiger partial charge in [0.2, 0.25) is 6.08 Å². The maximum atomic E-state index is 10.00. The van der Waals surface area contributed by atoms with Crippen molar-refractivity contribution in [3.8, 4) is 0 Å². The molecule has 0 saturated heterocycles. The van der Waals surface area contributed by atoms with E-state index in [2.05, 4.69) is 9.98 Å². The molecular formula is C11H12N2O. The fourth-order valence-corrected chi connectivity index (χ4v) is 1.98. The fourth-order valence-electron chi connectivity index (χ4n) is 1.98. The van der Waals surface area contributed by atoms with Crippen LogP contribution < -0.4 is 0 Å². The Morgan fingerprint density at radius 2 is 2.14 bits per heavy atom. The molecule has 1 heterocycles. The lowest BCUT2D eigenvalue weighted by Gasteiger charge is -2.06. The summed E-state index contributed by atoms with van der Waals surface area (Å²) >= 11 is 0. The number of aromatic nitrogens is 1. The van der Waals surface area contributed by atoms with Crippen LogP contribution in [0.25, 0.3) is 0 Å². The highest BCUT2D eigenvalue weighted by atomic mass is 16.1. The average molecular weight is 188 g/mol. The van der Waals surface area contributed by atoms with Crippen LogP contribution in [-0.2, 0) is 4.79 Å². The van der Waals surface area contributed by atoms with Crippen LogP contribution in [0.1, 0.15) is 37.3 Å². The molecular weight excluding hydrogens is 176 g/mol. The summed E-state index contributed by atoms with van der Waals surface area (Å²) in [6.45, 7) is 0. The minimum Gasteiger partial charge on any atom is -0.259 e. The Balaban J connectivity index is 2.16. The molecule has 0 bridgehead atoms. The summed E-state index contributed by atoms with van der Waals surface area (Å²) in [7, 11) is 0. The molecule has 0 amide bonds. The molecule has 3 nitrogen and oxygen atoms in total. The molecule has 0 radical (unpaired) electrons. The van der Waals surface area contributed by atoms with Crippen LogP contribution in [0.15, 0.2) is 23.3 Å². The predicted molar refractivity (Wildman–Crippen MR) is 53.2 cm³/mol. The molecule has 3 heteroatoms. The summed E-state index contributed by atoms with van der Waals surface area (Å²) < 4.78 is 0. The quantitative estimate of drug-likeness (QED) is 0.529. The van der Waals surface area contributed by atoms with Crippen molar-refractivity contribution in [1.29, 1.82) is 0 Å². The third-order valence-corrected chi connectivity index (χ3v) is 2.72. The summed E-state index contributed by atoms with van der Waals surface area (Å²) in [5.41, 5.74) is 1.72. The highest BCUT2D eigenvalue weighted by Gasteiger charge is 2.17. The number of carbonyl (C=O) groups excluding carboxylic acids is 1. The first-order chi connectivity index (χ1) is 6.90. The standard InChI is InChI=1S/C11H12N2O/c14-8-13-10-5-6-11(12-7-10)9-3-1-2-4-9/h5-7,9H,1-4H2. The number of pyridine rings is 1. The van der Waals surface area contributed by atoms with E-state index in [1.165, 1.54) is 31.8 Å². The maximum absolute atomic E-state index is 10.00. The Bertz CT molecular complexity index is 346. The zero-order valence-corrected chi connectivity index (χ0v) is 7.94. The normalized spacial score (nSPS) is 16.6. The molecule has 1 aromatic heterocycles. The van der Waals surface area contributed by atoms with Crippen molar-refractivity contribution in [2.45, 2.75) is 31.6 Å². The first kappa shape index (κ1) is 9.10. The Hall–Kier alpha value is -1.47. The second kappa shape index (κ2) is 4.16. The van der Waals surface area contributed by atoms with Gasteiger partial charge in [0, 0.05) is 11.6 Å². The molecule has 1 aromatic rings. The van der Waals surface area contributed by atoms with Gasteiger partial charge >= 0.3 is 0 Å². The minimum atomic E-state index is 0.585. The van der Waals surface area contributed by atoms with Crippen molar-refractivity contribution < 1.29 is 4.79 Å². The van der Waals surface area contributed by atoms with Crippen LogP contribution in [0.3, 0.4) is 0 Å². The molecule has 0 aromatic carbocycles. The monoisotopic (exact) mass is 188 g/mol. The van der Waals surface area contributed by atoms with Gasteiger partial charge < -0.3 is 0 Å². The van der Waals surface area contributed by atoms with Gasteiger partial charge in [-0.25, -0.2) is 4.79 Å². The lowest BCUT2D eigenvalue weighted by molar-refractivity contribution is 0.565. The summed E-state index contributed by atoms with van der Waals surface area (Å²) in [4.78, 5) is 17.8. The zero-order chi connectivity index (χ0) is 9.80. The molecule has 1 fully saturated rings. The van der Waals surface area contributed by atoms with Crippen LogP contribution in [0.2, 0.25) is 0 Å². The van der Waals surface area contributed by atoms with E-state index >= 15 is 0 Å². The highest BCUT2D eigenvalue weighted by molar-refractivity contribution is 5.47. The lowest BCUT2D eigenvalue weighted by Crippen LogP contribution is -1.94. The van der Waals surface area contributed by atoms with E-state index in [9.17, 15) is 4.79 Å². The second-order valence-corrected chi connectivity index (χ2v) is 3.63. The lowest BCUT2D eigenvalue weighted by atomic mass is 10.0. The van der Waals surface area contributed by atoms with Gasteiger partial charge in [-0.2, -0.15) is 4.99 Å². The van der Waals surface area contributed by atoms with E-state index in [0.29, 0.717) is 11.6 Å². The number of hydrogen-bond donors (Lipinski definition) is 0. The molecule has 0 N–H and O–H groups in total. The molecule has 0 spiro atoms. The van der Waals surface area contributed by atoms with E-state index < -0.39 is 0 Å². The minimum absolute atomic E-state index is 0.585. The van der Waals surface area contributed by atoms with E-state index in [0.717, 1.165) is 5.69 Å². The van der Waals surface area contributed by atoms with Crippen molar-refractivity contribution in [1.82, 2.24) is 4.98 Å². The molecule has 14 heavy (non-hydrogen) atoms. The Labute approximate surface area is 82.9 Å². The molecule has 0 unspecified atom stereocenters. The largest absolute Gasteiger partial charge is 0.259 e. The van der Waals surface area contributed by atoms with Crippen LogP contribution in [0.4, 0.5) is 5.69 Å². The first-order valence-corrected chi connectivity index (χ1v) is 4.94. The number of aliphatic imine (C=N–C) groups is 1. The van der Waals surface area contributed by atoms with Gasteiger partial charge in [0.25, 0.3) is 0 Å². The molecule has 72 valence electrons. The molecule has 1 aliphatic carbocycles. The van der Waals surface area contributed by atoms with E-state index in [-0.39, 0.29) is 0 Å². The third kappa shape index (κ3) is 1.88. The smallest absolute Gasteiger partial charge is 0.240 e. The number of nitrogens with zero attached hydrogens (tertiary/aromatic N) is 2. The Kier molecular flexibility index (Phi) is 2.70. The predicted octanol–water partition coefficient (Wildman–Crippen LogP) is 2.71. The van der Waals surface area contributed by atoms with Crippen molar-refractivity contribution in [2.24, 2.45) is 4.99 Å². The van der Waals surface area contributed by atoms with Crippen LogP contribution >= 0.6 is 0 Å². The van der Waals surface area contributed by atoms with Crippen molar-refractivity contribution in [2.75, 3.05) is 0 Å². The molecule has 1 saturated carbocycles. The number of hydrogen-bond acceptors (Lipinski definition) is 3. The second-order valence-electron chi connectivity index (χ2n) is 3.63. The van der Waals surface area contributed by atoms with Gasteiger partial charge in [-0.3, -0.25) is 4.98 Å². The summed E-state index contributed by atoms with van der Waals surface area (Å²) in [5, 5.41) is 0. The van der Waals surface area contributed by atoms with Crippen molar-refractivity contribution >= 4 is 11.8 Å². The van der Waals surface area contributed by atoms with Gasteiger partial charge in [0.15, 0.2) is 0 Å². The van der Waals surface area contributed by atoms with Gasteiger partial charge in [0.1, 0.15) is 0 Å². The summed E-state index contributed by atoms with van der Waals surface area (Å²) in [6, 6.07) is 3.79. The Morgan fingerprint density at radius 3 is 2.71 bits per heavy atom. The topological polar surface area (TPSA) is 42.3 Å². The summed E-state index contributed by atoms with van der Waals surface area (Å²) in [5.74, 6) is 0.615. The van der Waals surface area contributed by atoms with E-state index in [4.69, 9.17) is 0 Å². The fraction of sp³-hybridized carbons (Fsp3) is 0.455. The van der Waals surface area contributed by atoms with Gasteiger partial charge in [-0.15, -0.1) is 0 Å². The van der Waals surface area contributed by atoms with Gasteiger partial charge in [-0.05, 0) is 25.0 Å². The molecule has 2 rings (SSSR count). The Morgan fingerprint density at radius 1 is 1.36 bits per heavy atom. The van der Waals surface area contributed by atoms with Crippen LogP contribution in [-0.4, -0.2) is 11.1 Å². The maximum Gasteiger partial charge on any atom is 0.240 e. The third-order valence-electron chi connectivity index (χ3n) is 2.72. The van der Waals surface area contributed by atoms with Gasteiger partial charge in [0.05, 0.1) is 11.9 Å². The van der Waals surface area contributed by atoms with E-state index in [1.54, 1.807) is 6.20 Å². The number of isocyanates is 1. The van der Waals surface area contributed by atoms with Crippen LogP contribution in [0, 0.1) is 0 Å². The molecule has 0 aliphatic heterocycles. The van der Waals surface area contributed by atoms with E-state index in [1.807, 2.05) is 12.1 Å². The first-order valence-electron chi connectivity index (χ1n) is 4.94. The summed E-state index contributed by atoms with van der Waals surface area (Å²) in [6.07, 6.45) is 8.24. The SMILES string of the molecule is O=C=Nc1ccc(C2CCCC2)nc1. The van der Waals surface area contributed by atoms with Crippen molar-refractivity contribution in [3.63, 3.8) is 0 Å². The zero-order valence-electron chi connectivity index (χ0n) is 7.94. The van der Waals surface area contributed by atoms with Crippen molar-refractivity contribution in [3.05, 3.63) is 24.0 Å². The van der Waals surface area contributed by atoms with Crippen LogP contribution in [0.5, 0.6) is 0 Å². The van der Waals surface area contributed by atoms with Gasteiger partial charge in [-0.1, -0.05) is 12.8 Å². The highest BCUT2D eigenvalue weighted by Crippen LogP contribution is 2.33. The number of rotatable bonds is 2.